The van der Waals surface area contributed by atoms with Gasteiger partial charge in [0, 0.05) is 30.6 Å². The summed E-state index contributed by atoms with van der Waals surface area (Å²) in [4.78, 5) is 21.7. The summed E-state index contributed by atoms with van der Waals surface area (Å²) in [6.45, 7) is 7.01. The van der Waals surface area contributed by atoms with Crippen molar-refractivity contribution in [3.63, 3.8) is 0 Å². The largest absolute Gasteiger partial charge is 0.444 e. The van der Waals surface area contributed by atoms with Crippen molar-refractivity contribution in [1.29, 1.82) is 0 Å². The number of hydrogen-bond donors (Lipinski definition) is 1. The molecule has 0 aliphatic carbocycles. The van der Waals surface area contributed by atoms with Gasteiger partial charge in [-0.25, -0.2) is 9.78 Å². The number of rotatable bonds is 1. The summed E-state index contributed by atoms with van der Waals surface area (Å²) in [5.41, 5.74) is 1.56. The van der Waals surface area contributed by atoms with Crippen molar-refractivity contribution in [2.75, 3.05) is 13.1 Å². The Bertz CT molecular complexity index is 754. The molecule has 1 aliphatic rings. The van der Waals surface area contributed by atoms with E-state index in [0.717, 1.165) is 21.2 Å². The molecule has 1 fully saturated rings. The highest BCUT2D eigenvalue weighted by Gasteiger charge is 2.33. The second-order valence-electron chi connectivity index (χ2n) is 6.81. The number of fused-ring (bicyclic) bond motifs is 1. The van der Waals surface area contributed by atoms with Gasteiger partial charge in [-0.05, 0) is 61.4 Å². The van der Waals surface area contributed by atoms with Crippen LogP contribution >= 0.6 is 34.2 Å². The van der Waals surface area contributed by atoms with Crippen molar-refractivity contribution >= 4 is 51.3 Å². The Kier molecular flexibility index (Phi) is 4.48. The second kappa shape index (κ2) is 6.12. The predicted molar refractivity (Wildman–Crippen MR) is 99.0 cm³/mol. The van der Waals surface area contributed by atoms with Gasteiger partial charge >= 0.3 is 6.09 Å². The molecule has 0 bridgehead atoms. The Morgan fingerprint density at radius 1 is 1.52 bits per heavy atom. The van der Waals surface area contributed by atoms with Crippen molar-refractivity contribution < 1.29 is 9.53 Å². The molecule has 124 valence electrons. The number of nitrogens with one attached hydrogen (secondary N) is 1. The van der Waals surface area contributed by atoms with E-state index in [2.05, 4.69) is 32.6 Å². The standard InChI is InChI=1S/C16H19ClIN3O2/c1-16(2,3)23-15(22)21-5-4-9(8-21)12-11-6-10(17)7-19-14(11)20-13(12)18/h6-7,9H,4-5,8H2,1-3H3,(H,19,20). The third-order valence-electron chi connectivity index (χ3n) is 3.86. The van der Waals surface area contributed by atoms with Crippen molar-refractivity contribution in [2.24, 2.45) is 0 Å². The SMILES string of the molecule is CC(C)(C)OC(=O)N1CCC(c2c(I)[nH]c3ncc(Cl)cc23)C1. The van der Waals surface area contributed by atoms with Crippen molar-refractivity contribution in [3.05, 3.63) is 26.5 Å². The third-order valence-corrected chi connectivity index (χ3v) is 4.91. The molecule has 0 saturated carbocycles. The molecule has 1 aliphatic heterocycles. The van der Waals surface area contributed by atoms with Crippen LogP contribution in [0, 0.1) is 3.70 Å². The molecule has 1 atom stereocenters. The fraction of sp³-hybridized carbons (Fsp3) is 0.500. The van der Waals surface area contributed by atoms with Gasteiger partial charge in [0.05, 0.1) is 8.72 Å². The second-order valence-corrected chi connectivity index (χ2v) is 8.33. The van der Waals surface area contributed by atoms with E-state index in [0.29, 0.717) is 18.1 Å². The Balaban J connectivity index is 1.83. The number of likely N-dealkylation sites (tertiary alicyclic amines) is 1. The number of H-pyrrole nitrogens is 1. The Morgan fingerprint density at radius 3 is 2.96 bits per heavy atom. The number of nitrogens with zero attached hydrogens (tertiary/aromatic N) is 2. The number of aromatic amines is 1. The van der Waals surface area contributed by atoms with Gasteiger partial charge in [0.25, 0.3) is 0 Å². The molecule has 5 nitrogen and oxygen atoms in total. The van der Waals surface area contributed by atoms with Crippen molar-refractivity contribution in [1.82, 2.24) is 14.9 Å². The Morgan fingerprint density at radius 2 is 2.26 bits per heavy atom. The van der Waals surface area contributed by atoms with Gasteiger partial charge in [-0.15, -0.1) is 0 Å². The minimum atomic E-state index is -0.470. The molecule has 3 rings (SSSR count). The Labute approximate surface area is 153 Å². The summed E-state index contributed by atoms with van der Waals surface area (Å²) in [6, 6.07) is 1.94. The number of aromatic nitrogens is 2. The van der Waals surface area contributed by atoms with Gasteiger partial charge in [0.2, 0.25) is 0 Å². The topological polar surface area (TPSA) is 58.2 Å². The van der Waals surface area contributed by atoms with Gasteiger partial charge < -0.3 is 14.6 Å². The number of hydrogen-bond acceptors (Lipinski definition) is 3. The summed E-state index contributed by atoms with van der Waals surface area (Å²) >= 11 is 8.38. The summed E-state index contributed by atoms with van der Waals surface area (Å²) < 4.78 is 6.53. The number of carbonyl (C=O) groups excluding carboxylic acids is 1. The lowest BCUT2D eigenvalue weighted by atomic mass is 9.99. The first-order chi connectivity index (χ1) is 10.7. The summed E-state index contributed by atoms with van der Waals surface area (Å²) in [5, 5.41) is 1.66. The van der Waals surface area contributed by atoms with E-state index in [4.69, 9.17) is 16.3 Å². The molecule has 1 N–H and O–H groups in total. The molecule has 1 saturated heterocycles. The van der Waals surface area contributed by atoms with Crippen LogP contribution in [0.3, 0.4) is 0 Å². The molecule has 0 radical (unpaired) electrons. The molecule has 0 aromatic carbocycles. The number of pyridine rings is 1. The average Bonchev–Trinajstić information content (AvgIpc) is 3.00. The first-order valence-corrected chi connectivity index (χ1v) is 9.01. The van der Waals surface area contributed by atoms with E-state index < -0.39 is 5.60 Å². The quantitative estimate of drug-likeness (QED) is 0.653. The fourth-order valence-corrected chi connectivity index (χ4v) is 4.07. The predicted octanol–water partition coefficient (Wildman–Crippen LogP) is 4.55. The van der Waals surface area contributed by atoms with Crippen LogP contribution in [0.15, 0.2) is 12.3 Å². The zero-order chi connectivity index (χ0) is 16.8. The van der Waals surface area contributed by atoms with Gasteiger partial charge in [-0.1, -0.05) is 11.6 Å². The van der Waals surface area contributed by atoms with E-state index in [1.807, 2.05) is 26.8 Å². The molecule has 0 spiro atoms. The summed E-state index contributed by atoms with van der Waals surface area (Å²) in [5.74, 6) is 0.267. The van der Waals surface area contributed by atoms with Gasteiger partial charge in [0.1, 0.15) is 11.2 Å². The van der Waals surface area contributed by atoms with Crippen molar-refractivity contribution in [3.8, 4) is 0 Å². The monoisotopic (exact) mass is 447 g/mol. The number of ether oxygens (including phenoxy) is 1. The zero-order valence-electron chi connectivity index (χ0n) is 13.3. The maximum Gasteiger partial charge on any atom is 0.410 e. The van der Waals surface area contributed by atoms with Crippen LogP contribution in [0.4, 0.5) is 4.79 Å². The highest BCUT2D eigenvalue weighted by atomic mass is 127. The maximum atomic E-state index is 12.2. The average molecular weight is 448 g/mol. The lowest BCUT2D eigenvalue weighted by Crippen LogP contribution is -2.35. The number of carbonyl (C=O) groups is 1. The minimum Gasteiger partial charge on any atom is -0.444 e. The minimum absolute atomic E-state index is 0.244. The molecule has 3 heterocycles. The molecule has 23 heavy (non-hydrogen) atoms. The highest BCUT2D eigenvalue weighted by Crippen LogP contribution is 2.36. The molecule has 1 unspecified atom stereocenters. The van der Waals surface area contributed by atoms with Crippen LogP contribution in [0.25, 0.3) is 11.0 Å². The van der Waals surface area contributed by atoms with E-state index in [9.17, 15) is 4.79 Å². The highest BCUT2D eigenvalue weighted by molar-refractivity contribution is 14.1. The van der Waals surface area contributed by atoms with Crippen LogP contribution in [-0.4, -0.2) is 39.7 Å². The van der Waals surface area contributed by atoms with Gasteiger partial charge in [-0.2, -0.15) is 0 Å². The van der Waals surface area contributed by atoms with Crippen LogP contribution in [0.2, 0.25) is 5.02 Å². The van der Waals surface area contributed by atoms with E-state index in [-0.39, 0.29) is 12.0 Å². The zero-order valence-corrected chi connectivity index (χ0v) is 16.2. The van der Waals surface area contributed by atoms with E-state index in [1.165, 1.54) is 5.56 Å². The van der Waals surface area contributed by atoms with Crippen LogP contribution in [0.1, 0.15) is 38.7 Å². The molecule has 1 amide bonds. The van der Waals surface area contributed by atoms with E-state index >= 15 is 0 Å². The Hall–Kier alpha value is -1.02. The van der Waals surface area contributed by atoms with Crippen LogP contribution in [-0.2, 0) is 4.74 Å². The molecule has 2 aromatic heterocycles. The first kappa shape index (κ1) is 16.8. The maximum absolute atomic E-state index is 12.2. The number of halogens is 2. The molecular formula is C16H19ClIN3O2. The first-order valence-electron chi connectivity index (χ1n) is 7.55. The lowest BCUT2D eigenvalue weighted by Gasteiger charge is -2.24. The molecule has 2 aromatic rings. The molecule has 7 heteroatoms. The van der Waals surface area contributed by atoms with Gasteiger partial charge in [0.15, 0.2) is 0 Å². The number of amides is 1. The lowest BCUT2D eigenvalue weighted by molar-refractivity contribution is 0.0292. The smallest absolute Gasteiger partial charge is 0.410 e. The summed E-state index contributed by atoms with van der Waals surface area (Å²) in [7, 11) is 0. The normalized spacial score (nSPS) is 18.7. The fourth-order valence-electron chi connectivity index (χ4n) is 2.92. The van der Waals surface area contributed by atoms with Crippen LogP contribution in [0.5, 0.6) is 0 Å². The molecular weight excluding hydrogens is 429 g/mol. The van der Waals surface area contributed by atoms with Crippen LogP contribution < -0.4 is 0 Å². The third kappa shape index (κ3) is 3.57. The van der Waals surface area contributed by atoms with Crippen molar-refractivity contribution in [2.45, 2.75) is 38.7 Å². The van der Waals surface area contributed by atoms with Gasteiger partial charge in [-0.3, -0.25) is 0 Å². The van der Waals surface area contributed by atoms with E-state index in [1.54, 1.807) is 11.1 Å². The summed E-state index contributed by atoms with van der Waals surface area (Å²) in [6.07, 6.45) is 2.31.